The number of hydrogen-bond donors (Lipinski definition) is 1. The molecule has 0 rings (SSSR count). The average molecular weight is 159 g/mol. The van der Waals surface area contributed by atoms with E-state index in [0.29, 0.717) is 6.61 Å². The van der Waals surface area contributed by atoms with E-state index < -0.39 is 0 Å². The summed E-state index contributed by atoms with van der Waals surface area (Å²) in [5.74, 6) is -0.247. The van der Waals surface area contributed by atoms with E-state index in [2.05, 4.69) is 4.74 Å². The maximum absolute atomic E-state index is 10.3. The molecule has 65 valence electrons. The van der Waals surface area contributed by atoms with Gasteiger partial charge >= 0.3 is 5.97 Å². The Bertz CT molecular complexity index is 102. The summed E-state index contributed by atoms with van der Waals surface area (Å²) >= 11 is 0. The van der Waals surface area contributed by atoms with Crippen molar-refractivity contribution < 1.29 is 14.6 Å². The minimum Gasteiger partial charge on any atom is -0.466 e. The van der Waals surface area contributed by atoms with Crippen LogP contribution >= 0.6 is 0 Å². The molecular weight excluding hydrogens is 144 g/mol. The smallest absolute Gasteiger partial charge is 0.302 e. The van der Waals surface area contributed by atoms with Gasteiger partial charge in [0.25, 0.3) is 0 Å². The second-order valence-corrected chi connectivity index (χ2v) is 2.31. The van der Waals surface area contributed by atoms with Gasteiger partial charge in [0.05, 0.1) is 6.61 Å². The van der Waals surface area contributed by atoms with Crippen LogP contribution in [0.15, 0.2) is 0 Å². The van der Waals surface area contributed by atoms with Gasteiger partial charge in [0.15, 0.2) is 0 Å². The van der Waals surface area contributed by atoms with Crippen LogP contribution in [0.3, 0.4) is 0 Å². The van der Waals surface area contributed by atoms with Crippen LogP contribution in [0.25, 0.3) is 0 Å². The van der Waals surface area contributed by atoms with Gasteiger partial charge in [-0.15, -0.1) is 0 Å². The Kier molecular flexibility index (Phi) is 7.15. The summed E-state index contributed by atoms with van der Waals surface area (Å²) in [5.41, 5.74) is 0. The second-order valence-electron chi connectivity index (χ2n) is 2.31. The highest BCUT2D eigenvalue weighted by atomic mass is 16.5. The average Bonchev–Trinajstić information content (AvgIpc) is 1.96. The minimum atomic E-state index is -0.247. The third kappa shape index (κ3) is 9.43. The first-order valence-electron chi connectivity index (χ1n) is 3.83. The van der Waals surface area contributed by atoms with Crippen LogP contribution in [0, 0.1) is 6.42 Å². The van der Waals surface area contributed by atoms with Crippen molar-refractivity contribution in [3.63, 3.8) is 0 Å². The molecule has 0 atom stereocenters. The number of carbonyl (C=O) groups is 1. The molecule has 1 N–H and O–H groups in total. The van der Waals surface area contributed by atoms with Crippen molar-refractivity contribution in [3.8, 4) is 0 Å². The summed E-state index contributed by atoms with van der Waals surface area (Å²) in [6.45, 7) is 2.02. The number of carbonyl (C=O) groups excluding carboxylic acids is 1. The predicted molar refractivity (Wildman–Crippen MR) is 41.9 cm³/mol. The quantitative estimate of drug-likeness (QED) is 0.463. The highest BCUT2D eigenvalue weighted by Gasteiger charge is 1.92. The molecule has 0 unspecified atom stereocenters. The zero-order valence-electron chi connectivity index (χ0n) is 6.88. The molecule has 0 aromatic carbocycles. The molecule has 3 nitrogen and oxygen atoms in total. The van der Waals surface area contributed by atoms with Gasteiger partial charge in [-0.3, -0.25) is 4.79 Å². The molecule has 0 spiro atoms. The first-order chi connectivity index (χ1) is 5.27. The van der Waals surface area contributed by atoms with Crippen LogP contribution in [-0.2, 0) is 9.53 Å². The zero-order valence-corrected chi connectivity index (χ0v) is 6.88. The lowest BCUT2D eigenvalue weighted by atomic mass is 10.2. The molecule has 0 aromatic heterocycles. The number of rotatable bonds is 6. The number of esters is 1. The molecule has 0 aromatic rings. The normalized spacial score (nSPS) is 9.64. The molecule has 1 radical (unpaired) electrons. The van der Waals surface area contributed by atoms with E-state index in [1.165, 1.54) is 6.92 Å². The Morgan fingerprint density at radius 3 is 2.82 bits per heavy atom. The van der Waals surface area contributed by atoms with E-state index in [1.54, 1.807) is 0 Å². The fourth-order valence-electron chi connectivity index (χ4n) is 0.660. The van der Waals surface area contributed by atoms with Crippen LogP contribution in [0.4, 0.5) is 0 Å². The number of unbranched alkanes of at least 4 members (excludes halogenated alkanes) is 3. The van der Waals surface area contributed by atoms with Gasteiger partial charge in [-0.05, 0) is 19.3 Å². The summed E-state index contributed by atoms with van der Waals surface area (Å²) in [6, 6.07) is 0. The molecule has 0 aliphatic carbocycles. The maximum Gasteiger partial charge on any atom is 0.302 e. The van der Waals surface area contributed by atoms with E-state index in [9.17, 15) is 4.79 Å². The minimum absolute atomic E-state index is 0.238. The molecule has 0 bridgehead atoms. The van der Waals surface area contributed by atoms with Gasteiger partial charge in [0.1, 0.15) is 0 Å². The molecule has 0 aliphatic rings. The van der Waals surface area contributed by atoms with Gasteiger partial charge in [0, 0.05) is 13.5 Å². The topological polar surface area (TPSA) is 46.5 Å². The highest BCUT2D eigenvalue weighted by molar-refractivity contribution is 5.65. The van der Waals surface area contributed by atoms with Gasteiger partial charge in [0.2, 0.25) is 0 Å². The van der Waals surface area contributed by atoms with Crippen LogP contribution in [0.1, 0.15) is 26.2 Å². The molecule has 11 heavy (non-hydrogen) atoms. The van der Waals surface area contributed by atoms with E-state index in [1.807, 2.05) is 6.42 Å². The number of ether oxygens (including phenoxy) is 1. The van der Waals surface area contributed by atoms with Crippen molar-refractivity contribution >= 4 is 5.97 Å². The predicted octanol–water partition coefficient (Wildman–Crippen LogP) is 0.916. The summed E-state index contributed by atoms with van der Waals surface area (Å²) < 4.78 is 4.67. The van der Waals surface area contributed by atoms with Crippen molar-refractivity contribution in [2.45, 2.75) is 26.2 Å². The van der Waals surface area contributed by atoms with Crippen LogP contribution < -0.4 is 0 Å². The van der Waals surface area contributed by atoms with Crippen molar-refractivity contribution in [2.75, 3.05) is 13.2 Å². The molecular formula is C8H15O3. The lowest BCUT2D eigenvalue weighted by Gasteiger charge is -1.99. The highest BCUT2D eigenvalue weighted by Crippen LogP contribution is 1.97. The van der Waals surface area contributed by atoms with Crippen molar-refractivity contribution in [1.29, 1.82) is 0 Å². The van der Waals surface area contributed by atoms with E-state index in [4.69, 9.17) is 5.11 Å². The fraction of sp³-hybridized carbons (Fsp3) is 0.750. The fourth-order valence-corrected chi connectivity index (χ4v) is 0.660. The lowest BCUT2D eigenvalue weighted by Crippen LogP contribution is -2.00. The van der Waals surface area contributed by atoms with Crippen LogP contribution in [0.5, 0.6) is 0 Å². The third-order valence-corrected chi connectivity index (χ3v) is 1.22. The van der Waals surface area contributed by atoms with Gasteiger partial charge in [-0.2, -0.15) is 0 Å². The summed E-state index contributed by atoms with van der Waals surface area (Å²) in [5, 5.41) is 8.41. The molecule has 0 heterocycles. The van der Waals surface area contributed by atoms with Crippen molar-refractivity contribution in [1.82, 2.24) is 0 Å². The summed E-state index contributed by atoms with van der Waals surface area (Å²) in [7, 11) is 0. The SMILES string of the molecule is CC(=O)OC[CH]CCCCO. The van der Waals surface area contributed by atoms with Crippen LogP contribution in [-0.4, -0.2) is 24.3 Å². The number of aliphatic hydroxyl groups is 1. The Morgan fingerprint density at radius 2 is 2.27 bits per heavy atom. The van der Waals surface area contributed by atoms with E-state index in [0.717, 1.165) is 19.3 Å². The van der Waals surface area contributed by atoms with Crippen molar-refractivity contribution in [2.24, 2.45) is 0 Å². The maximum atomic E-state index is 10.3. The molecule has 0 fully saturated rings. The van der Waals surface area contributed by atoms with Gasteiger partial charge < -0.3 is 9.84 Å². The molecule has 0 saturated heterocycles. The van der Waals surface area contributed by atoms with Crippen molar-refractivity contribution in [3.05, 3.63) is 6.42 Å². The standard InChI is InChI=1S/C8H15O3/c1-8(10)11-7-5-3-2-4-6-9/h5,9H,2-4,6-7H2,1H3. The summed E-state index contributed by atoms with van der Waals surface area (Å²) in [6.07, 6.45) is 4.57. The zero-order chi connectivity index (χ0) is 8.53. The first kappa shape index (κ1) is 10.4. The van der Waals surface area contributed by atoms with Gasteiger partial charge in [-0.1, -0.05) is 6.42 Å². The Hall–Kier alpha value is -0.570. The largest absolute Gasteiger partial charge is 0.466 e. The molecule has 0 amide bonds. The first-order valence-corrected chi connectivity index (χ1v) is 3.83. The monoisotopic (exact) mass is 159 g/mol. The third-order valence-electron chi connectivity index (χ3n) is 1.22. The van der Waals surface area contributed by atoms with E-state index >= 15 is 0 Å². The Labute approximate surface area is 67.4 Å². The lowest BCUT2D eigenvalue weighted by molar-refractivity contribution is -0.140. The number of hydrogen-bond acceptors (Lipinski definition) is 3. The Balaban J connectivity index is 2.85. The number of aliphatic hydroxyl groups excluding tert-OH is 1. The second kappa shape index (κ2) is 7.54. The Morgan fingerprint density at radius 1 is 1.55 bits per heavy atom. The molecule has 3 heteroatoms. The van der Waals surface area contributed by atoms with E-state index in [-0.39, 0.29) is 12.6 Å². The molecule has 0 saturated carbocycles. The van der Waals surface area contributed by atoms with Gasteiger partial charge in [-0.25, -0.2) is 0 Å². The summed E-state index contributed by atoms with van der Waals surface area (Å²) in [4.78, 5) is 10.3. The van der Waals surface area contributed by atoms with Crippen LogP contribution in [0.2, 0.25) is 0 Å². The molecule has 0 aliphatic heterocycles.